The van der Waals surface area contributed by atoms with Gasteiger partial charge in [-0.05, 0) is 43.7 Å². The van der Waals surface area contributed by atoms with Gasteiger partial charge < -0.3 is 5.11 Å². The summed E-state index contributed by atoms with van der Waals surface area (Å²) in [5, 5.41) is 9.66. The second kappa shape index (κ2) is 4.86. The fourth-order valence-corrected chi connectivity index (χ4v) is 2.45. The summed E-state index contributed by atoms with van der Waals surface area (Å²) in [6.07, 6.45) is 0.606. The van der Waals surface area contributed by atoms with Crippen LogP contribution in [0.2, 0.25) is 5.02 Å². The van der Waals surface area contributed by atoms with Gasteiger partial charge in [0, 0.05) is 18.1 Å². The van der Waals surface area contributed by atoms with E-state index < -0.39 is 11.4 Å². The molecule has 1 atom stereocenters. The predicted octanol–water partition coefficient (Wildman–Crippen LogP) is 2.78. The number of benzene rings is 1. The number of nitrogens with zero attached hydrogens (tertiary/aromatic N) is 1. The van der Waals surface area contributed by atoms with Crippen LogP contribution in [0, 0.1) is 11.2 Å². The van der Waals surface area contributed by atoms with Crippen molar-refractivity contribution in [3.05, 3.63) is 34.6 Å². The molecule has 2 rings (SSSR count). The zero-order valence-corrected chi connectivity index (χ0v) is 10.9. The van der Waals surface area contributed by atoms with Crippen LogP contribution in [0.5, 0.6) is 0 Å². The number of rotatable bonds is 3. The third-order valence-electron chi connectivity index (χ3n) is 3.47. The Morgan fingerprint density at radius 2 is 2.33 bits per heavy atom. The van der Waals surface area contributed by atoms with Gasteiger partial charge in [-0.1, -0.05) is 11.6 Å². The minimum absolute atomic E-state index is 0.324. The molecular formula is C13H15ClFNO2. The van der Waals surface area contributed by atoms with E-state index in [1.807, 2.05) is 4.90 Å². The topological polar surface area (TPSA) is 40.5 Å². The summed E-state index contributed by atoms with van der Waals surface area (Å²) < 4.78 is 13.1. The van der Waals surface area contributed by atoms with Gasteiger partial charge in [-0.15, -0.1) is 0 Å². The third-order valence-corrected chi connectivity index (χ3v) is 3.84. The molecule has 1 aliphatic heterocycles. The molecule has 1 unspecified atom stereocenters. The lowest BCUT2D eigenvalue weighted by molar-refractivity contribution is -0.147. The lowest BCUT2D eigenvalue weighted by atomic mass is 9.90. The standard InChI is InChI=1S/C13H15ClFNO2/c1-13(12(17)18)4-5-16(8-13)7-9-6-10(15)2-3-11(9)14/h2-3,6H,4-5,7-8H2,1H3,(H,17,18). The zero-order chi connectivity index (χ0) is 13.3. The summed E-state index contributed by atoms with van der Waals surface area (Å²) in [6.45, 7) is 3.38. The van der Waals surface area contributed by atoms with E-state index in [2.05, 4.69) is 0 Å². The molecule has 1 saturated heterocycles. The van der Waals surface area contributed by atoms with Crippen molar-refractivity contribution in [3.8, 4) is 0 Å². The third kappa shape index (κ3) is 2.65. The molecule has 0 amide bonds. The molecule has 0 aliphatic carbocycles. The minimum Gasteiger partial charge on any atom is -0.481 e. The van der Waals surface area contributed by atoms with Crippen LogP contribution in [0.3, 0.4) is 0 Å². The first-order valence-electron chi connectivity index (χ1n) is 5.80. The number of carboxylic acid groups (broad SMARTS) is 1. The molecule has 1 N–H and O–H groups in total. The van der Waals surface area contributed by atoms with E-state index in [4.69, 9.17) is 16.7 Å². The fourth-order valence-electron chi connectivity index (χ4n) is 2.27. The Hall–Kier alpha value is -1.13. The SMILES string of the molecule is CC1(C(=O)O)CCN(Cc2cc(F)ccc2Cl)C1. The average molecular weight is 272 g/mol. The van der Waals surface area contributed by atoms with E-state index in [0.29, 0.717) is 36.6 Å². The fraction of sp³-hybridized carbons (Fsp3) is 0.462. The Bertz CT molecular complexity index is 480. The zero-order valence-electron chi connectivity index (χ0n) is 10.1. The van der Waals surface area contributed by atoms with Gasteiger partial charge in [0.25, 0.3) is 0 Å². The Balaban J connectivity index is 2.08. The predicted molar refractivity (Wildman–Crippen MR) is 67.0 cm³/mol. The summed E-state index contributed by atoms with van der Waals surface area (Å²) in [6, 6.07) is 4.24. The Labute approximate surface area is 110 Å². The summed E-state index contributed by atoms with van der Waals surface area (Å²) in [4.78, 5) is 13.1. The number of hydrogen-bond acceptors (Lipinski definition) is 2. The van der Waals surface area contributed by atoms with Crippen molar-refractivity contribution in [3.63, 3.8) is 0 Å². The maximum Gasteiger partial charge on any atom is 0.310 e. The van der Waals surface area contributed by atoms with Crippen LogP contribution in [0.25, 0.3) is 0 Å². The number of halogens is 2. The van der Waals surface area contributed by atoms with Gasteiger partial charge in [-0.3, -0.25) is 9.69 Å². The van der Waals surface area contributed by atoms with Crippen LogP contribution in [-0.2, 0) is 11.3 Å². The molecule has 3 nitrogen and oxygen atoms in total. The number of carboxylic acids is 1. The number of aliphatic carboxylic acids is 1. The average Bonchev–Trinajstić information content (AvgIpc) is 2.67. The monoisotopic (exact) mass is 271 g/mol. The first kappa shape index (κ1) is 13.3. The molecule has 0 radical (unpaired) electrons. The minimum atomic E-state index is -0.782. The lowest BCUT2D eigenvalue weighted by Gasteiger charge is -2.20. The highest BCUT2D eigenvalue weighted by Gasteiger charge is 2.40. The van der Waals surface area contributed by atoms with E-state index in [9.17, 15) is 9.18 Å². The smallest absolute Gasteiger partial charge is 0.310 e. The quantitative estimate of drug-likeness (QED) is 0.919. The molecule has 0 spiro atoms. The van der Waals surface area contributed by atoms with Crippen molar-refractivity contribution >= 4 is 17.6 Å². The van der Waals surface area contributed by atoms with Crippen LogP contribution in [0.15, 0.2) is 18.2 Å². The van der Waals surface area contributed by atoms with Gasteiger partial charge in [-0.25, -0.2) is 4.39 Å². The highest BCUT2D eigenvalue weighted by atomic mass is 35.5. The molecule has 0 saturated carbocycles. The normalized spacial score (nSPS) is 24.4. The molecule has 1 heterocycles. The molecule has 1 fully saturated rings. The summed E-state index contributed by atoms with van der Waals surface area (Å²) in [7, 11) is 0. The summed E-state index contributed by atoms with van der Waals surface area (Å²) in [5.74, 6) is -1.11. The number of likely N-dealkylation sites (tertiary alicyclic amines) is 1. The Kier molecular flexibility index (Phi) is 3.59. The molecular weight excluding hydrogens is 257 g/mol. The largest absolute Gasteiger partial charge is 0.481 e. The lowest BCUT2D eigenvalue weighted by Crippen LogP contribution is -2.31. The Morgan fingerprint density at radius 1 is 1.61 bits per heavy atom. The molecule has 1 aliphatic rings. The van der Waals surface area contributed by atoms with E-state index in [1.165, 1.54) is 18.2 Å². The van der Waals surface area contributed by atoms with Crippen molar-refractivity contribution in [1.29, 1.82) is 0 Å². The summed E-state index contributed by atoms with van der Waals surface area (Å²) in [5.41, 5.74) is -0.00825. The second-order valence-electron chi connectivity index (χ2n) is 5.06. The van der Waals surface area contributed by atoms with Gasteiger partial charge in [-0.2, -0.15) is 0 Å². The van der Waals surface area contributed by atoms with Crippen molar-refractivity contribution in [1.82, 2.24) is 4.90 Å². The highest BCUT2D eigenvalue weighted by Crippen LogP contribution is 2.31. The van der Waals surface area contributed by atoms with Gasteiger partial charge in [0.15, 0.2) is 0 Å². The van der Waals surface area contributed by atoms with Crippen molar-refractivity contribution < 1.29 is 14.3 Å². The van der Waals surface area contributed by atoms with E-state index in [-0.39, 0.29) is 5.82 Å². The van der Waals surface area contributed by atoms with E-state index in [0.717, 1.165) is 0 Å². The van der Waals surface area contributed by atoms with Gasteiger partial charge in [0.2, 0.25) is 0 Å². The maximum absolute atomic E-state index is 13.1. The highest BCUT2D eigenvalue weighted by molar-refractivity contribution is 6.31. The molecule has 0 bridgehead atoms. The van der Waals surface area contributed by atoms with E-state index in [1.54, 1.807) is 6.92 Å². The van der Waals surface area contributed by atoms with Crippen LogP contribution in [-0.4, -0.2) is 29.1 Å². The number of carbonyl (C=O) groups is 1. The Morgan fingerprint density at radius 3 is 2.94 bits per heavy atom. The van der Waals surface area contributed by atoms with Crippen molar-refractivity contribution in [2.24, 2.45) is 5.41 Å². The second-order valence-corrected chi connectivity index (χ2v) is 5.47. The van der Waals surface area contributed by atoms with Gasteiger partial charge >= 0.3 is 5.97 Å². The number of hydrogen-bond donors (Lipinski definition) is 1. The van der Waals surface area contributed by atoms with Gasteiger partial charge in [0.1, 0.15) is 5.82 Å². The van der Waals surface area contributed by atoms with Crippen LogP contribution in [0.1, 0.15) is 18.9 Å². The van der Waals surface area contributed by atoms with E-state index >= 15 is 0 Å². The molecule has 1 aromatic rings. The van der Waals surface area contributed by atoms with Gasteiger partial charge in [0.05, 0.1) is 5.41 Å². The van der Waals surface area contributed by atoms with Crippen LogP contribution < -0.4 is 0 Å². The first-order valence-corrected chi connectivity index (χ1v) is 6.18. The molecule has 98 valence electrons. The molecule has 5 heteroatoms. The van der Waals surface area contributed by atoms with Crippen molar-refractivity contribution in [2.45, 2.75) is 19.9 Å². The van der Waals surface area contributed by atoms with Crippen LogP contribution >= 0.6 is 11.6 Å². The van der Waals surface area contributed by atoms with Crippen LogP contribution in [0.4, 0.5) is 4.39 Å². The first-order chi connectivity index (χ1) is 8.40. The summed E-state index contributed by atoms with van der Waals surface area (Å²) >= 11 is 6.00. The molecule has 1 aromatic carbocycles. The van der Waals surface area contributed by atoms with Crippen molar-refractivity contribution in [2.75, 3.05) is 13.1 Å². The molecule has 18 heavy (non-hydrogen) atoms. The molecule has 0 aromatic heterocycles. The maximum atomic E-state index is 13.1.